The van der Waals surface area contributed by atoms with Gasteiger partial charge in [0.1, 0.15) is 0 Å². The second-order valence-corrected chi connectivity index (χ2v) is 3.28. The molecule has 0 spiro atoms. The number of nitrogens with one attached hydrogen (secondary N) is 1. The highest BCUT2D eigenvalue weighted by Gasteiger charge is 2.21. The molecule has 5 nitrogen and oxygen atoms in total. The molecule has 2 rings (SSSR count). The summed E-state index contributed by atoms with van der Waals surface area (Å²) >= 11 is 0. The number of carbonyl (C=O) groups excluding carboxylic acids is 2. The first-order valence-corrected chi connectivity index (χ1v) is 4.84. The van der Waals surface area contributed by atoms with Crippen molar-refractivity contribution in [3.8, 4) is 0 Å². The lowest BCUT2D eigenvalue weighted by Crippen LogP contribution is -2.39. The minimum Gasteiger partial charge on any atom is -0.307 e. The van der Waals surface area contributed by atoms with Gasteiger partial charge in [-0.15, -0.1) is 0 Å². The van der Waals surface area contributed by atoms with Gasteiger partial charge in [-0.1, -0.05) is 18.2 Å². The Kier molecular flexibility index (Phi) is 3.04. The molecule has 3 amide bonds. The van der Waals surface area contributed by atoms with E-state index < -0.39 is 18.1 Å². The van der Waals surface area contributed by atoms with Gasteiger partial charge >= 0.3 is 6.03 Å². The molecule has 0 aromatic heterocycles. The van der Waals surface area contributed by atoms with E-state index in [-0.39, 0.29) is 5.84 Å². The Morgan fingerprint density at radius 3 is 2.71 bits per heavy atom. The van der Waals surface area contributed by atoms with E-state index in [9.17, 15) is 14.0 Å². The predicted octanol–water partition coefficient (Wildman–Crippen LogP) is 1.36. The van der Waals surface area contributed by atoms with Crippen LogP contribution < -0.4 is 5.32 Å². The molecule has 1 aromatic carbocycles. The maximum absolute atomic E-state index is 13.3. The summed E-state index contributed by atoms with van der Waals surface area (Å²) < 4.78 is 13.3. The maximum atomic E-state index is 13.3. The number of rotatable bonds is 1. The number of urea groups is 1. The van der Waals surface area contributed by atoms with Crippen LogP contribution in [-0.4, -0.2) is 30.2 Å². The molecule has 1 atom stereocenters. The lowest BCUT2D eigenvalue weighted by Gasteiger charge is -2.11. The fourth-order valence-electron chi connectivity index (χ4n) is 1.27. The summed E-state index contributed by atoms with van der Waals surface area (Å²) in [5.41, 5.74) is 0.359. The first kappa shape index (κ1) is 11.1. The fraction of sp³-hybridized carbons (Fsp3) is 0.0909. The van der Waals surface area contributed by atoms with Gasteiger partial charge in [0.25, 0.3) is 5.91 Å². The van der Waals surface area contributed by atoms with E-state index >= 15 is 0 Å². The Morgan fingerprint density at radius 2 is 2.00 bits per heavy atom. The molecular weight excluding hydrogens is 225 g/mol. The van der Waals surface area contributed by atoms with Gasteiger partial charge < -0.3 is 5.32 Å². The fourth-order valence-corrected chi connectivity index (χ4v) is 1.27. The average molecular weight is 233 g/mol. The molecule has 6 heteroatoms. The first-order chi connectivity index (χ1) is 8.16. The highest BCUT2D eigenvalue weighted by Crippen LogP contribution is 2.02. The van der Waals surface area contributed by atoms with E-state index in [0.717, 1.165) is 6.21 Å². The van der Waals surface area contributed by atoms with E-state index in [4.69, 9.17) is 0 Å². The van der Waals surface area contributed by atoms with Crippen LogP contribution in [0.25, 0.3) is 0 Å². The Bertz CT molecular complexity index is 511. The molecule has 1 N–H and O–H groups in total. The second kappa shape index (κ2) is 4.65. The minimum atomic E-state index is -1.67. The van der Waals surface area contributed by atoms with Crippen molar-refractivity contribution < 1.29 is 14.0 Å². The van der Waals surface area contributed by atoms with Gasteiger partial charge in [0.05, 0.1) is 6.21 Å². The van der Waals surface area contributed by atoms with Crippen LogP contribution in [0.15, 0.2) is 40.3 Å². The normalized spacial score (nSPS) is 18.8. The molecule has 1 heterocycles. The largest absolute Gasteiger partial charge is 0.368 e. The van der Waals surface area contributed by atoms with Crippen molar-refractivity contribution in [3.05, 3.63) is 35.9 Å². The first-order valence-electron chi connectivity index (χ1n) is 4.84. The van der Waals surface area contributed by atoms with Crippen LogP contribution in [0.3, 0.4) is 0 Å². The number of amides is 3. The van der Waals surface area contributed by atoms with Crippen LogP contribution in [0.1, 0.15) is 10.4 Å². The molecule has 1 unspecified atom stereocenters. The maximum Gasteiger partial charge on any atom is 0.368 e. The number of benzene rings is 1. The molecule has 0 bridgehead atoms. The predicted molar refractivity (Wildman–Crippen MR) is 60.1 cm³/mol. The van der Waals surface area contributed by atoms with Gasteiger partial charge in [-0.3, -0.25) is 4.79 Å². The zero-order valence-corrected chi connectivity index (χ0v) is 8.63. The Labute approximate surface area is 96.1 Å². The van der Waals surface area contributed by atoms with Crippen LogP contribution >= 0.6 is 0 Å². The quantitative estimate of drug-likeness (QED) is 0.795. The third-order valence-corrected chi connectivity index (χ3v) is 2.07. The highest BCUT2D eigenvalue weighted by molar-refractivity contribution is 6.17. The van der Waals surface area contributed by atoms with Crippen molar-refractivity contribution in [2.24, 2.45) is 9.98 Å². The van der Waals surface area contributed by atoms with E-state index in [1.54, 1.807) is 30.3 Å². The average Bonchev–Trinajstić information content (AvgIpc) is 2.35. The number of hydrogen-bond acceptors (Lipinski definition) is 2. The van der Waals surface area contributed by atoms with Gasteiger partial charge in [0.2, 0.25) is 0 Å². The molecule has 0 radical (unpaired) electrons. The van der Waals surface area contributed by atoms with Crippen LogP contribution in [0.4, 0.5) is 9.18 Å². The van der Waals surface area contributed by atoms with Crippen molar-refractivity contribution in [1.82, 2.24) is 5.32 Å². The lowest BCUT2D eigenvalue weighted by atomic mass is 10.2. The Hall–Kier alpha value is -2.37. The monoisotopic (exact) mass is 233 g/mol. The summed E-state index contributed by atoms with van der Waals surface area (Å²) in [5.74, 6) is -0.853. The summed E-state index contributed by atoms with van der Waals surface area (Å²) in [4.78, 5) is 28.9. The van der Waals surface area contributed by atoms with E-state index in [0.29, 0.717) is 5.56 Å². The van der Waals surface area contributed by atoms with Crippen molar-refractivity contribution in [3.63, 3.8) is 0 Å². The van der Waals surface area contributed by atoms with Crippen molar-refractivity contribution in [2.75, 3.05) is 0 Å². The van der Waals surface area contributed by atoms with Gasteiger partial charge in [-0.05, 0) is 12.1 Å². The van der Waals surface area contributed by atoms with Gasteiger partial charge in [0, 0.05) is 5.56 Å². The van der Waals surface area contributed by atoms with Crippen LogP contribution in [0.5, 0.6) is 0 Å². The van der Waals surface area contributed by atoms with E-state index in [2.05, 4.69) is 15.3 Å². The molecular formula is C11H8FN3O2. The zero-order chi connectivity index (χ0) is 12.3. The number of alkyl halides is 1. The van der Waals surface area contributed by atoms with Crippen LogP contribution in [0.2, 0.25) is 0 Å². The Balaban J connectivity index is 2.12. The van der Waals surface area contributed by atoms with E-state index in [1.807, 2.05) is 0 Å². The Morgan fingerprint density at radius 1 is 1.29 bits per heavy atom. The lowest BCUT2D eigenvalue weighted by molar-refractivity contribution is 0.0975. The number of halogens is 1. The SMILES string of the molecule is O=C1N=CC(F)C(NC(=O)c2ccccc2)=N1. The molecule has 1 aromatic rings. The summed E-state index contributed by atoms with van der Waals surface area (Å²) in [5, 5.41) is 2.24. The molecule has 0 fully saturated rings. The summed E-state index contributed by atoms with van der Waals surface area (Å²) in [6.45, 7) is 0. The molecule has 1 aliphatic rings. The van der Waals surface area contributed by atoms with E-state index in [1.165, 1.54) is 0 Å². The molecule has 1 aliphatic heterocycles. The summed E-state index contributed by atoms with van der Waals surface area (Å²) in [7, 11) is 0. The molecule has 17 heavy (non-hydrogen) atoms. The smallest absolute Gasteiger partial charge is 0.307 e. The van der Waals surface area contributed by atoms with Crippen LogP contribution in [-0.2, 0) is 0 Å². The van der Waals surface area contributed by atoms with Crippen molar-refractivity contribution in [1.29, 1.82) is 0 Å². The molecule has 86 valence electrons. The third kappa shape index (κ3) is 2.60. The second-order valence-electron chi connectivity index (χ2n) is 3.28. The number of amidine groups is 1. The summed E-state index contributed by atoms with van der Waals surface area (Å²) in [6.07, 6.45) is -0.865. The summed E-state index contributed by atoms with van der Waals surface area (Å²) in [6, 6.07) is 7.42. The minimum absolute atomic E-state index is 0.334. The van der Waals surface area contributed by atoms with Gasteiger partial charge in [-0.2, -0.15) is 4.99 Å². The van der Waals surface area contributed by atoms with Crippen molar-refractivity contribution in [2.45, 2.75) is 6.17 Å². The number of carbonyl (C=O) groups is 2. The molecule has 0 aliphatic carbocycles. The number of aliphatic imine (C=N–C) groups is 2. The number of nitrogens with zero attached hydrogens (tertiary/aromatic N) is 2. The highest BCUT2D eigenvalue weighted by atomic mass is 19.1. The van der Waals surface area contributed by atoms with Crippen LogP contribution in [0, 0.1) is 0 Å². The molecule has 0 saturated carbocycles. The van der Waals surface area contributed by atoms with Crippen molar-refractivity contribution >= 4 is 24.0 Å². The molecule has 0 saturated heterocycles. The zero-order valence-electron chi connectivity index (χ0n) is 8.63. The third-order valence-electron chi connectivity index (χ3n) is 2.07. The standard InChI is InChI=1S/C11H8FN3O2/c12-8-6-13-11(17)15-9(8)14-10(16)7-4-2-1-3-5-7/h1-6,8H,(H,14,15,16,17). The van der Waals surface area contributed by atoms with Gasteiger partial charge in [0.15, 0.2) is 12.0 Å². The topological polar surface area (TPSA) is 70.9 Å². The number of hydrogen-bond donors (Lipinski definition) is 1. The van der Waals surface area contributed by atoms with Gasteiger partial charge in [-0.25, -0.2) is 14.2 Å².